The SMILES string of the molecule is Cn1nncc1C(NN)c1c(F)c(F)c(F)c(F)c1F. The van der Waals surface area contributed by atoms with Gasteiger partial charge in [0.1, 0.15) is 0 Å². The van der Waals surface area contributed by atoms with E-state index in [1.165, 1.54) is 7.05 Å². The number of nitrogens with two attached hydrogens (primary N) is 1. The molecule has 5 nitrogen and oxygen atoms in total. The number of aryl methyl sites for hydroxylation is 1. The van der Waals surface area contributed by atoms with Crippen LogP contribution >= 0.6 is 0 Å². The van der Waals surface area contributed by atoms with Crippen molar-refractivity contribution in [2.75, 3.05) is 0 Å². The Balaban J connectivity index is 2.71. The van der Waals surface area contributed by atoms with E-state index in [9.17, 15) is 22.0 Å². The van der Waals surface area contributed by atoms with Gasteiger partial charge >= 0.3 is 0 Å². The second kappa shape index (κ2) is 5.13. The van der Waals surface area contributed by atoms with Crippen molar-refractivity contribution in [2.24, 2.45) is 12.9 Å². The van der Waals surface area contributed by atoms with Crippen LogP contribution < -0.4 is 11.3 Å². The highest BCUT2D eigenvalue weighted by atomic mass is 19.2. The van der Waals surface area contributed by atoms with E-state index in [4.69, 9.17) is 5.84 Å². The summed E-state index contributed by atoms with van der Waals surface area (Å²) in [4.78, 5) is 0. The third-order valence-corrected chi connectivity index (χ3v) is 2.74. The number of hydrazine groups is 1. The zero-order chi connectivity index (χ0) is 15.0. The number of hydrogen-bond donors (Lipinski definition) is 2. The van der Waals surface area contributed by atoms with Crippen LogP contribution in [0.1, 0.15) is 17.3 Å². The molecule has 0 saturated heterocycles. The Labute approximate surface area is 109 Å². The van der Waals surface area contributed by atoms with E-state index in [0.29, 0.717) is 0 Å². The lowest BCUT2D eigenvalue weighted by atomic mass is 10.0. The van der Waals surface area contributed by atoms with Gasteiger partial charge in [-0.1, -0.05) is 5.21 Å². The molecule has 3 N–H and O–H groups in total. The van der Waals surface area contributed by atoms with Crippen LogP contribution in [-0.2, 0) is 7.05 Å². The second-order valence-electron chi connectivity index (χ2n) is 3.87. The molecular weight excluding hydrogens is 285 g/mol. The van der Waals surface area contributed by atoms with Gasteiger partial charge < -0.3 is 0 Å². The summed E-state index contributed by atoms with van der Waals surface area (Å²) in [5.41, 5.74) is 0.902. The van der Waals surface area contributed by atoms with Crippen molar-refractivity contribution in [3.05, 3.63) is 46.5 Å². The quantitative estimate of drug-likeness (QED) is 0.292. The van der Waals surface area contributed by atoms with E-state index >= 15 is 0 Å². The lowest BCUT2D eigenvalue weighted by Gasteiger charge is -2.18. The maximum absolute atomic E-state index is 13.7. The lowest BCUT2D eigenvalue weighted by molar-refractivity contribution is 0.360. The van der Waals surface area contributed by atoms with E-state index in [0.717, 1.165) is 10.9 Å². The maximum Gasteiger partial charge on any atom is 0.200 e. The molecule has 1 aromatic heterocycles. The van der Waals surface area contributed by atoms with Crippen LogP contribution in [0.15, 0.2) is 6.20 Å². The number of benzene rings is 1. The number of hydrogen-bond acceptors (Lipinski definition) is 4. The van der Waals surface area contributed by atoms with E-state index < -0.39 is 40.7 Å². The molecule has 0 aliphatic carbocycles. The normalized spacial score (nSPS) is 12.8. The van der Waals surface area contributed by atoms with Gasteiger partial charge in [0.15, 0.2) is 23.3 Å². The largest absolute Gasteiger partial charge is 0.271 e. The molecule has 0 aliphatic heterocycles. The standard InChI is InChI=1S/C10H8F5N5/c1-20-3(2-17-19-20)10(18-16)4-5(11)7(13)9(15)8(14)6(4)12/h2,10,18H,16H2,1H3. The predicted octanol–water partition coefficient (Wildman–Crippen LogP) is 1.06. The molecule has 0 bridgehead atoms. The minimum Gasteiger partial charge on any atom is -0.271 e. The number of aromatic nitrogens is 3. The molecular formula is C10H8F5N5. The van der Waals surface area contributed by atoms with Crippen LogP contribution in [0.3, 0.4) is 0 Å². The molecule has 0 saturated carbocycles. The van der Waals surface area contributed by atoms with Crippen LogP contribution in [0.25, 0.3) is 0 Å². The third-order valence-electron chi connectivity index (χ3n) is 2.74. The average molecular weight is 293 g/mol. The van der Waals surface area contributed by atoms with Crippen LogP contribution in [0.5, 0.6) is 0 Å². The summed E-state index contributed by atoms with van der Waals surface area (Å²) in [7, 11) is 1.37. The molecule has 20 heavy (non-hydrogen) atoms. The number of nitrogens with zero attached hydrogens (tertiary/aromatic N) is 3. The molecule has 2 rings (SSSR count). The third kappa shape index (κ3) is 2.02. The highest BCUT2D eigenvalue weighted by Gasteiger charge is 2.32. The average Bonchev–Trinajstić information content (AvgIpc) is 2.85. The predicted molar refractivity (Wildman–Crippen MR) is 56.4 cm³/mol. The number of halogens is 5. The summed E-state index contributed by atoms with van der Waals surface area (Å²) < 4.78 is 67.8. The summed E-state index contributed by atoms with van der Waals surface area (Å²) in [6.45, 7) is 0. The smallest absolute Gasteiger partial charge is 0.200 e. The Morgan fingerprint density at radius 2 is 1.55 bits per heavy atom. The summed E-state index contributed by atoms with van der Waals surface area (Å²) in [6.07, 6.45) is 1.09. The van der Waals surface area contributed by atoms with Gasteiger partial charge in [-0.3, -0.25) is 10.5 Å². The fraction of sp³-hybridized carbons (Fsp3) is 0.200. The summed E-state index contributed by atoms with van der Waals surface area (Å²) in [5, 5.41) is 6.95. The van der Waals surface area contributed by atoms with Gasteiger partial charge in [0.25, 0.3) is 0 Å². The van der Waals surface area contributed by atoms with E-state index in [2.05, 4.69) is 10.3 Å². The van der Waals surface area contributed by atoms with Gasteiger partial charge in [0, 0.05) is 7.05 Å². The zero-order valence-electron chi connectivity index (χ0n) is 9.96. The van der Waals surface area contributed by atoms with E-state index in [1.807, 2.05) is 5.43 Å². The first-order valence-corrected chi connectivity index (χ1v) is 5.22. The maximum atomic E-state index is 13.7. The van der Waals surface area contributed by atoms with Crippen molar-refractivity contribution >= 4 is 0 Å². The summed E-state index contributed by atoms with van der Waals surface area (Å²) in [5.74, 6) is -5.11. The lowest BCUT2D eigenvalue weighted by Crippen LogP contribution is -2.32. The number of rotatable bonds is 3. The van der Waals surface area contributed by atoms with Crippen molar-refractivity contribution in [3.8, 4) is 0 Å². The Morgan fingerprint density at radius 3 is 1.95 bits per heavy atom. The molecule has 1 atom stereocenters. The molecule has 1 unspecified atom stereocenters. The van der Waals surface area contributed by atoms with Crippen molar-refractivity contribution in [1.82, 2.24) is 20.4 Å². The highest BCUT2D eigenvalue weighted by Crippen LogP contribution is 2.30. The van der Waals surface area contributed by atoms with Crippen LogP contribution in [-0.4, -0.2) is 15.0 Å². The molecule has 0 radical (unpaired) electrons. The highest BCUT2D eigenvalue weighted by molar-refractivity contribution is 5.31. The van der Waals surface area contributed by atoms with Gasteiger partial charge in [0.2, 0.25) is 5.82 Å². The van der Waals surface area contributed by atoms with E-state index in [1.54, 1.807) is 0 Å². The molecule has 1 aromatic carbocycles. The van der Waals surface area contributed by atoms with Crippen molar-refractivity contribution < 1.29 is 22.0 Å². The first kappa shape index (κ1) is 14.3. The molecule has 1 heterocycles. The fourth-order valence-corrected chi connectivity index (χ4v) is 1.75. The van der Waals surface area contributed by atoms with Crippen LogP contribution in [0.4, 0.5) is 22.0 Å². The van der Waals surface area contributed by atoms with Gasteiger partial charge in [-0.25, -0.2) is 27.4 Å². The first-order chi connectivity index (χ1) is 9.40. The molecule has 0 spiro atoms. The minimum atomic E-state index is -2.23. The second-order valence-corrected chi connectivity index (χ2v) is 3.87. The van der Waals surface area contributed by atoms with Gasteiger partial charge in [-0.05, 0) is 0 Å². The molecule has 0 fully saturated rings. The Kier molecular flexibility index (Phi) is 3.68. The monoisotopic (exact) mass is 293 g/mol. The fourth-order valence-electron chi connectivity index (χ4n) is 1.75. The molecule has 0 amide bonds. The van der Waals surface area contributed by atoms with E-state index in [-0.39, 0.29) is 5.69 Å². The van der Waals surface area contributed by atoms with Crippen molar-refractivity contribution in [2.45, 2.75) is 6.04 Å². The van der Waals surface area contributed by atoms with Gasteiger partial charge in [0.05, 0.1) is 23.5 Å². The Hall–Kier alpha value is -2.07. The van der Waals surface area contributed by atoms with Crippen LogP contribution in [0, 0.1) is 29.1 Å². The van der Waals surface area contributed by atoms with Gasteiger partial charge in [-0.2, -0.15) is 0 Å². The summed E-state index contributed by atoms with van der Waals surface area (Å²) >= 11 is 0. The summed E-state index contributed by atoms with van der Waals surface area (Å²) in [6, 6.07) is -1.50. The topological polar surface area (TPSA) is 68.8 Å². The number of nitrogens with one attached hydrogen (secondary N) is 1. The molecule has 0 aliphatic rings. The minimum absolute atomic E-state index is 0.0238. The van der Waals surface area contributed by atoms with Gasteiger partial charge in [-0.15, -0.1) is 5.10 Å². The molecule has 2 aromatic rings. The molecule has 108 valence electrons. The zero-order valence-corrected chi connectivity index (χ0v) is 9.96. The Morgan fingerprint density at radius 1 is 1.05 bits per heavy atom. The Bertz CT molecular complexity index is 627. The van der Waals surface area contributed by atoms with Crippen LogP contribution in [0.2, 0.25) is 0 Å². The van der Waals surface area contributed by atoms with Crippen molar-refractivity contribution in [3.63, 3.8) is 0 Å². The first-order valence-electron chi connectivity index (χ1n) is 5.22. The van der Waals surface area contributed by atoms with Crippen molar-refractivity contribution in [1.29, 1.82) is 0 Å². The molecule has 10 heteroatoms.